The highest BCUT2D eigenvalue weighted by Crippen LogP contribution is 2.44. The number of methoxy groups -OCH3 is 2. The molecule has 2 aromatic rings. The average Bonchev–Trinajstić information content (AvgIpc) is 3.00. The largest absolute Gasteiger partial charge is 0.497 e. The number of aliphatic hydroxyl groups is 1. The molecule has 1 unspecified atom stereocenters. The van der Waals surface area contributed by atoms with Gasteiger partial charge in [0.15, 0.2) is 18.0 Å². The summed E-state index contributed by atoms with van der Waals surface area (Å²) in [5.41, 5.74) is 1.69. The van der Waals surface area contributed by atoms with E-state index >= 15 is 0 Å². The van der Waals surface area contributed by atoms with Crippen molar-refractivity contribution in [3.05, 3.63) is 53.6 Å². The van der Waals surface area contributed by atoms with Crippen LogP contribution in [-0.2, 0) is 5.72 Å². The van der Waals surface area contributed by atoms with Gasteiger partial charge in [-0.15, -0.1) is 0 Å². The summed E-state index contributed by atoms with van der Waals surface area (Å²) in [5.74, 6) is 2.48. The van der Waals surface area contributed by atoms with E-state index in [-0.39, 0.29) is 0 Å². The number of rotatable bonds is 4. The second-order valence-corrected chi connectivity index (χ2v) is 8.02. The quantitative estimate of drug-likeness (QED) is 0.819. The molecule has 2 aliphatic rings. The monoisotopic (exact) mass is 385 g/mol. The second kappa shape index (κ2) is 7.09. The van der Waals surface area contributed by atoms with Gasteiger partial charge < -0.3 is 14.6 Å². The Balaban J connectivity index is 1.90. The van der Waals surface area contributed by atoms with Crippen molar-refractivity contribution in [3.8, 4) is 11.5 Å². The third-order valence-corrected chi connectivity index (χ3v) is 6.38. The predicted molar refractivity (Wildman–Crippen MR) is 109 cm³/mol. The third kappa shape index (κ3) is 3.07. The molecule has 2 heterocycles. The van der Waals surface area contributed by atoms with E-state index in [4.69, 9.17) is 9.47 Å². The van der Waals surface area contributed by atoms with E-state index in [2.05, 4.69) is 11.5 Å². The van der Waals surface area contributed by atoms with Gasteiger partial charge in [0.1, 0.15) is 5.75 Å². The smallest absolute Gasteiger partial charge is 0.316 e. The number of ether oxygens (including phenoxy) is 2. The Labute approximate surface area is 164 Å². The van der Waals surface area contributed by atoms with Crippen molar-refractivity contribution < 1.29 is 19.2 Å². The van der Waals surface area contributed by atoms with Crippen molar-refractivity contribution in [2.75, 3.05) is 38.0 Å². The van der Waals surface area contributed by atoms with Crippen molar-refractivity contribution >= 4 is 22.6 Å². The first kappa shape index (κ1) is 18.2. The van der Waals surface area contributed by atoms with Gasteiger partial charge in [0.25, 0.3) is 5.72 Å². The van der Waals surface area contributed by atoms with Gasteiger partial charge in [-0.3, -0.25) is 0 Å². The Morgan fingerprint density at radius 1 is 1.11 bits per heavy atom. The first-order valence-corrected chi connectivity index (χ1v) is 10.1. The van der Waals surface area contributed by atoms with Crippen molar-refractivity contribution in [3.63, 3.8) is 0 Å². The van der Waals surface area contributed by atoms with E-state index in [1.807, 2.05) is 47.4 Å². The summed E-state index contributed by atoms with van der Waals surface area (Å²) in [6.07, 6.45) is 1.11. The summed E-state index contributed by atoms with van der Waals surface area (Å²) in [7, 11) is 3.30. The SMILES string of the molecule is COc1ccc(OC)c(N2C3=[N+](CCCS3)CC2(O)c2ccc(C)cc2)c1. The molecule has 2 aliphatic heterocycles. The number of hydrogen-bond donors (Lipinski definition) is 1. The second-order valence-electron chi connectivity index (χ2n) is 6.96. The number of benzene rings is 2. The van der Waals surface area contributed by atoms with Gasteiger partial charge in [-0.05, 0) is 37.2 Å². The van der Waals surface area contributed by atoms with Crippen LogP contribution in [0, 0.1) is 6.92 Å². The van der Waals surface area contributed by atoms with Crippen LogP contribution < -0.4 is 14.4 Å². The van der Waals surface area contributed by atoms with Crippen molar-refractivity contribution in [1.82, 2.24) is 0 Å². The van der Waals surface area contributed by atoms with Crippen LogP contribution in [0.4, 0.5) is 5.69 Å². The minimum Gasteiger partial charge on any atom is -0.497 e. The molecule has 0 saturated heterocycles. The Hall–Kier alpha value is -2.18. The van der Waals surface area contributed by atoms with E-state index in [0.29, 0.717) is 12.3 Å². The zero-order valence-corrected chi connectivity index (χ0v) is 16.8. The van der Waals surface area contributed by atoms with E-state index < -0.39 is 5.72 Å². The van der Waals surface area contributed by atoms with Crippen LogP contribution >= 0.6 is 11.8 Å². The summed E-state index contributed by atoms with van der Waals surface area (Å²) in [6, 6.07) is 13.8. The fourth-order valence-electron chi connectivity index (χ4n) is 3.77. The van der Waals surface area contributed by atoms with E-state index in [9.17, 15) is 5.11 Å². The molecule has 2 aromatic carbocycles. The van der Waals surface area contributed by atoms with Crippen LogP contribution in [0.1, 0.15) is 17.5 Å². The molecule has 0 bridgehead atoms. The number of aryl methyl sites for hydroxylation is 1. The van der Waals surface area contributed by atoms with E-state index in [1.165, 1.54) is 5.56 Å². The Morgan fingerprint density at radius 3 is 2.59 bits per heavy atom. The molecule has 5 nitrogen and oxygen atoms in total. The van der Waals surface area contributed by atoms with Crippen LogP contribution in [-0.4, -0.2) is 47.9 Å². The topological polar surface area (TPSA) is 44.9 Å². The van der Waals surface area contributed by atoms with Gasteiger partial charge in [0.05, 0.1) is 20.8 Å². The van der Waals surface area contributed by atoms with Crippen LogP contribution in [0.3, 0.4) is 0 Å². The molecule has 0 aromatic heterocycles. The van der Waals surface area contributed by atoms with E-state index in [1.54, 1.807) is 26.0 Å². The maximum Gasteiger partial charge on any atom is 0.316 e. The molecule has 0 fully saturated rings. The van der Waals surface area contributed by atoms with Crippen molar-refractivity contribution in [1.29, 1.82) is 0 Å². The van der Waals surface area contributed by atoms with Gasteiger partial charge in [-0.1, -0.05) is 29.8 Å². The highest BCUT2D eigenvalue weighted by Gasteiger charge is 2.56. The summed E-state index contributed by atoms with van der Waals surface area (Å²) >= 11 is 1.78. The van der Waals surface area contributed by atoms with Crippen LogP contribution in [0.15, 0.2) is 42.5 Å². The number of thioether (sulfide) groups is 1. The maximum atomic E-state index is 11.9. The van der Waals surface area contributed by atoms with Gasteiger partial charge in [0, 0.05) is 17.4 Å². The minimum absolute atomic E-state index is 0.527. The number of amidine groups is 1. The van der Waals surface area contributed by atoms with Crippen molar-refractivity contribution in [2.45, 2.75) is 19.1 Å². The van der Waals surface area contributed by atoms with Gasteiger partial charge in [-0.25, -0.2) is 4.58 Å². The molecule has 0 amide bonds. The fourth-order valence-corrected chi connectivity index (χ4v) is 4.94. The molecule has 1 N–H and O–H groups in total. The lowest BCUT2D eigenvalue weighted by Gasteiger charge is -2.29. The Kier molecular flexibility index (Phi) is 4.78. The van der Waals surface area contributed by atoms with Gasteiger partial charge >= 0.3 is 5.17 Å². The molecule has 1 atom stereocenters. The summed E-state index contributed by atoms with van der Waals surface area (Å²) < 4.78 is 13.4. The molecule has 0 spiro atoms. The summed E-state index contributed by atoms with van der Waals surface area (Å²) in [4.78, 5) is 2.02. The standard InChI is InChI=1S/C21H25N2O3S/c1-15-5-7-16(8-6-15)21(24)14-22-11-4-12-27-20(22)23(21)18-13-17(25-2)9-10-19(18)26-3/h5-10,13,24H,4,11-12,14H2,1-3H3/q+1. The Morgan fingerprint density at radius 2 is 1.89 bits per heavy atom. The fraction of sp³-hybridized carbons (Fsp3) is 0.381. The molecule has 27 heavy (non-hydrogen) atoms. The number of nitrogens with zero attached hydrogens (tertiary/aromatic N) is 2. The minimum atomic E-state index is -1.17. The predicted octanol–water partition coefficient (Wildman–Crippen LogP) is 3.18. The first-order chi connectivity index (χ1) is 13.1. The molecular formula is C21H25N2O3S+. The van der Waals surface area contributed by atoms with Crippen LogP contribution in [0.2, 0.25) is 0 Å². The zero-order chi connectivity index (χ0) is 19.0. The van der Waals surface area contributed by atoms with Crippen LogP contribution in [0.5, 0.6) is 11.5 Å². The third-order valence-electron chi connectivity index (χ3n) is 5.19. The summed E-state index contributed by atoms with van der Waals surface area (Å²) in [6.45, 7) is 3.53. The lowest BCUT2D eigenvalue weighted by molar-refractivity contribution is -0.532. The maximum absolute atomic E-state index is 11.9. The van der Waals surface area contributed by atoms with Gasteiger partial charge in [0.2, 0.25) is 0 Å². The highest BCUT2D eigenvalue weighted by atomic mass is 32.2. The molecule has 6 heteroatoms. The lowest BCUT2D eigenvalue weighted by Crippen LogP contribution is -2.46. The normalized spacial score (nSPS) is 22.0. The summed E-state index contributed by atoms with van der Waals surface area (Å²) in [5, 5.41) is 13.0. The highest BCUT2D eigenvalue weighted by molar-refractivity contribution is 8.14. The number of anilines is 1. The van der Waals surface area contributed by atoms with Crippen molar-refractivity contribution in [2.24, 2.45) is 0 Å². The van der Waals surface area contributed by atoms with E-state index in [0.717, 1.165) is 40.9 Å². The Bertz CT molecular complexity index is 881. The molecular weight excluding hydrogens is 360 g/mol. The molecule has 0 aliphatic carbocycles. The first-order valence-electron chi connectivity index (χ1n) is 9.13. The molecule has 4 rings (SSSR count). The zero-order valence-electron chi connectivity index (χ0n) is 15.9. The average molecular weight is 386 g/mol. The lowest BCUT2D eigenvalue weighted by atomic mass is 9.99. The molecule has 0 radical (unpaired) electrons. The molecule has 142 valence electrons. The number of hydrogen-bond acceptors (Lipinski definition) is 5. The van der Waals surface area contributed by atoms with Crippen LogP contribution in [0.25, 0.3) is 0 Å². The van der Waals surface area contributed by atoms with Gasteiger partial charge in [-0.2, -0.15) is 4.90 Å². The molecule has 0 saturated carbocycles.